The van der Waals surface area contributed by atoms with Crippen molar-refractivity contribution >= 4 is 29.2 Å². The largest absolute Gasteiger partial charge is 0.496 e. The van der Waals surface area contributed by atoms with Crippen LogP contribution in [0.2, 0.25) is 5.02 Å². The van der Waals surface area contributed by atoms with Crippen LogP contribution in [0.25, 0.3) is 0 Å². The summed E-state index contributed by atoms with van der Waals surface area (Å²) in [6, 6.07) is 20.6. The maximum atomic E-state index is 14.2. The predicted octanol–water partition coefficient (Wildman–Crippen LogP) is 7.05. The van der Waals surface area contributed by atoms with Gasteiger partial charge in [-0.05, 0) is 47.7 Å². The van der Waals surface area contributed by atoms with Crippen LogP contribution in [0.15, 0.2) is 66.7 Å². The summed E-state index contributed by atoms with van der Waals surface area (Å²) in [4.78, 5) is 28.0. The number of fused-ring (bicyclic) bond motifs is 1. The normalized spacial score (nSPS) is 19.1. The molecule has 0 radical (unpaired) electrons. The SMILES string of the molecule is CCC1(CC(=O)O)OC(c2ccc(OCc3ccccc3)cc2OC)c2cc(Cl)ccc2N(CC(C)(C)C)C1=O. The van der Waals surface area contributed by atoms with E-state index in [0.29, 0.717) is 46.5 Å². The van der Waals surface area contributed by atoms with E-state index in [1.54, 1.807) is 43.2 Å². The minimum atomic E-state index is -1.61. The number of carbonyl (C=O) groups is 2. The summed E-state index contributed by atoms with van der Waals surface area (Å²) in [5, 5.41) is 10.4. The molecule has 4 rings (SSSR count). The monoisotopic (exact) mass is 565 g/mol. The van der Waals surface area contributed by atoms with Crippen LogP contribution in [0.5, 0.6) is 11.5 Å². The number of carbonyl (C=O) groups excluding carboxylic acids is 1. The van der Waals surface area contributed by atoms with E-state index in [-0.39, 0.29) is 17.7 Å². The lowest BCUT2D eigenvalue weighted by Gasteiger charge is -2.36. The Morgan fingerprint density at radius 1 is 1.07 bits per heavy atom. The number of benzene rings is 3. The van der Waals surface area contributed by atoms with Gasteiger partial charge >= 0.3 is 5.97 Å². The number of amides is 1. The van der Waals surface area contributed by atoms with E-state index in [1.165, 1.54) is 0 Å². The Kier molecular flexibility index (Phi) is 8.76. The van der Waals surface area contributed by atoms with Crippen molar-refractivity contribution < 1.29 is 28.9 Å². The molecule has 0 aliphatic carbocycles. The smallest absolute Gasteiger partial charge is 0.306 e. The van der Waals surface area contributed by atoms with Gasteiger partial charge in [0.1, 0.15) is 24.2 Å². The first-order valence-corrected chi connectivity index (χ1v) is 13.7. The number of aliphatic carboxylic acids is 1. The number of hydrogen-bond donors (Lipinski definition) is 1. The van der Waals surface area contributed by atoms with Gasteiger partial charge in [0.2, 0.25) is 0 Å². The van der Waals surface area contributed by atoms with Crippen molar-refractivity contribution in [3.05, 3.63) is 88.4 Å². The molecule has 0 bridgehead atoms. The number of halogens is 1. The van der Waals surface area contributed by atoms with Gasteiger partial charge in [0.15, 0.2) is 5.60 Å². The van der Waals surface area contributed by atoms with Crippen molar-refractivity contribution in [2.45, 2.75) is 58.8 Å². The van der Waals surface area contributed by atoms with Crippen LogP contribution in [-0.2, 0) is 20.9 Å². The molecule has 7 nitrogen and oxygen atoms in total. The van der Waals surface area contributed by atoms with Crippen molar-refractivity contribution in [1.29, 1.82) is 0 Å². The van der Waals surface area contributed by atoms with Crippen LogP contribution in [0, 0.1) is 5.41 Å². The second-order valence-electron chi connectivity index (χ2n) is 11.2. The molecule has 3 aromatic carbocycles. The summed E-state index contributed by atoms with van der Waals surface area (Å²) in [6.07, 6.45) is -1.15. The molecule has 0 saturated heterocycles. The summed E-state index contributed by atoms with van der Waals surface area (Å²) >= 11 is 6.48. The van der Waals surface area contributed by atoms with E-state index < -0.39 is 24.1 Å². The Bertz CT molecular complexity index is 1370. The molecule has 2 atom stereocenters. The zero-order chi connectivity index (χ0) is 29.1. The molecule has 212 valence electrons. The van der Waals surface area contributed by atoms with Gasteiger partial charge in [-0.25, -0.2) is 0 Å². The van der Waals surface area contributed by atoms with Gasteiger partial charge in [-0.1, -0.05) is 69.6 Å². The van der Waals surface area contributed by atoms with Gasteiger partial charge in [-0.3, -0.25) is 9.59 Å². The average molecular weight is 566 g/mol. The lowest BCUT2D eigenvalue weighted by molar-refractivity contribution is -0.162. The van der Waals surface area contributed by atoms with E-state index in [9.17, 15) is 14.7 Å². The quantitative estimate of drug-likeness (QED) is 0.299. The predicted molar refractivity (Wildman–Crippen MR) is 155 cm³/mol. The Hall–Kier alpha value is -3.55. The maximum Gasteiger partial charge on any atom is 0.306 e. The lowest BCUT2D eigenvalue weighted by atomic mass is 9.91. The Balaban J connectivity index is 1.85. The van der Waals surface area contributed by atoms with Crippen LogP contribution >= 0.6 is 11.6 Å². The topological polar surface area (TPSA) is 85.3 Å². The van der Waals surface area contributed by atoms with Crippen LogP contribution in [-0.4, -0.2) is 36.2 Å². The highest BCUT2D eigenvalue weighted by atomic mass is 35.5. The molecule has 2 unspecified atom stereocenters. The molecule has 8 heteroatoms. The molecule has 40 heavy (non-hydrogen) atoms. The van der Waals surface area contributed by atoms with Crippen LogP contribution in [0.1, 0.15) is 63.3 Å². The van der Waals surface area contributed by atoms with E-state index >= 15 is 0 Å². The maximum absolute atomic E-state index is 14.2. The molecule has 3 aromatic rings. The third kappa shape index (κ3) is 6.43. The van der Waals surface area contributed by atoms with Crippen molar-refractivity contribution in [3.8, 4) is 11.5 Å². The molecular weight excluding hydrogens is 530 g/mol. The number of ether oxygens (including phenoxy) is 3. The molecule has 1 aliphatic heterocycles. The minimum absolute atomic E-state index is 0.164. The Morgan fingerprint density at radius 2 is 1.80 bits per heavy atom. The average Bonchev–Trinajstić information content (AvgIpc) is 3.00. The van der Waals surface area contributed by atoms with E-state index in [1.807, 2.05) is 63.2 Å². The third-order valence-electron chi connectivity index (χ3n) is 6.92. The molecule has 0 fully saturated rings. The molecule has 1 heterocycles. The van der Waals surface area contributed by atoms with Crippen molar-refractivity contribution in [3.63, 3.8) is 0 Å². The zero-order valence-corrected chi connectivity index (χ0v) is 24.3. The van der Waals surface area contributed by atoms with Crippen molar-refractivity contribution in [1.82, 2.24) is 0 Å². The number of hydrogen-bond acceptors (Lipinski definition) is 5. The number of nitrogens with zero attached hydrogens (tertiary/aromatic N) is 1. The highest BCUT2D eigenvalue weighted by Gasteiger charge is 2.49. The van der Waals surface area contributed by atoms with Crippen LogP contribution in [0.3, 0.4) is 0 Å². The Morgan fingerprint density at radius 3 is 2.42 bits per heavy atom. The number of carboxylic acids is 1. The molecule has 0 spiro atoms. The van der Waals surface area contributed by atoms with Gasteiger partial charge in [-0.15, -0.1) is 0 Å². The number of anilines is 1. The summed E-state index contributed by atoms with van der Waals surface area (Å²) in [5.74, 6) is -0.425. The number of methoxy groups -OCH3 is 1. The fourth-order valence-corrected chi connectivity index (χ4v) is 5.18. The second-order valence-corrected chi connectivity index (χ2v) is 11.7. The van der Waals surface area contributed by atoms with Gasteiger partial charge in [0, 0.05) is 34.4 Å². The zero-order valence-electron chi connectivity index (χ0n) is 23.6. The first-order valence-electron chi connectivity index (χ1n) is 13.3. The van der Waals surface area contributed by atoms with E-state index in [0.717, 1.165) is 5.56 Å². The van der Waals surface area contributed by atoms with Gasteiger partial charge in [0.05, 0.1) is 13.5 Å². The molecule has 0 saturated carbocycles. The van der Waals surface area contributed by atoms with Gasteiger partial charge in [0.25, 0.3) is 5.91 Å². The summed E-state index contributed by atoms with van der Waals surface area (Å²) in [7, 11) is 1.55. The molecule has 1 amide bonds. The first kappa shape index (κ1) is 29.4. The van der Waals surface area contributed by atoms with Gasteiger partial charge in [-0.2, -0.15) is 0 Å². The first-order chi connectivity index (χ1) is 19.0. The standard InChI is InChI=1S/C32H36ClNO6/c1-6-32(18-28(35)36)30(37)34(20-31(2,3)4)26-15-12-22(33)16-25(26)29(40-32)24-14-13-23(17-27(24)38-5)39-19-21-10-8-7-9-11-21/h7-17,29H,6,18-20H2,1-5H3,(H,35,36). The highest BCUT2D eigenvalue weighted by molar-refractivity contribution is 6.30. The van der Waals surface area contributed by atoms with E-state index in [4.69, 9.17) is 25.8 Å². The molecular formula is C32H36ClNO6. The molecule has 1 aliphatic rings. The number of rotatable bonds is 9. The lowest BCUT2D eigenvalue weighted by Crippen LogP contribution is -2.52. The fourth-order valence-electron chi connectivity index (χ4n) is 5.00. The van der Waals surface area contributed by atoms with Crippen molar-refractivity contribution in [2.75, 3.05) is 18.6 Å². The van der Waals surface area contributed by atoms with E-state index in [2.05, 4.69) is 0 Å². The van der Waals surface area contributed by atoms with Gasteiger partial charge < -0.3 is 24.2 Å². The summed E-state index contributed by atoms with van der Waals surface area (Å²) < 4.78 is 18.4. The van der Waals surface area contributed by atoms with Crippen LogP contribution < -0.4 is 14.4 Å². The number of carboxylic acid groups (broad SMARTS) is 1. The molecule has 0 aromatic heterocycles. The fraction of sp³-hybridized carbons (Fsp3) is 0.375. The Labute approximate surface area is 240 Å². The minimum Gasteiger partial charge on any atom is -0.496 e. The molecule has 1 N–H and O–H groups in total. The summed E-state index contributed by atoms with van der Waals surface area (Å²) in [6.45, 7) is 8.61. The second kappa shape index (κ2) is 11.9. The summed E-state index contributed by atoms with van der Waals surface area (Å²) in [5.41, 5.74) is 1.06. The highest BCUT2D eigenvalue weighted by Crippen LogP contribution is 2.47. The third-order valence-corrected chi connectivity index (χ3v) is 7.15. The van der Waals surface area contributed by atoms with Crippen LogP contribution in [0.4, 0.5) is 5.69 Å². The van der Waals surface area contributed by atoms with Crippen molar-refractivity contribution in [2.24, 2.45) is 5.41 Å².